The van der Waals surface area contributed by atoms with Gasteiger partial charge in [0.25, 0.3) is 5.91 Å². The van der Waals surface area contributed by atoms with E-state index in [9.17, 15) is 9.59 Å². The molecule has 2 aliphatic heterocycles. The number of carbonyl (C=O) groups excluding carboxylic acids is 2. The molecule has 1 saturated heterocycles. The van der Waals surface area contributed by atoms with E-state index in [0.29, 0.717) is 23.3 Å². The van der Waals surface area contributed by atoms with Crippen LogP contribution in [0.1, 0.15) is 62.2 Å². The van der Waals surface area contributed by atoms with Crippen molar-refractivity contribution in [1.82, 2.24) is 20.6 Å². The summed E-state index contributed by atoms with van der Waals surface area (Å²) in [6.45, 7) is 3.89. The number of hydrogen-bond acceptors (Lipinski definition) is 8. The monoisotopic (exact) mass is 521 g/mol. The fraction of sp³-hybridized carbons (Fsp3) is 0.571. The zero-order valence-corrected chi connectivity index (χ0v) is 22.9. The molecular weight excluding hydrogens is 482 g/mol. The summed E-state index contributed by atoms with van der Waals surface area (Å²) in [5.74, 6) is 1.88. The number of piperidine rings is 1. The maximum Gasteiger partial charge on any atom is 0.251 e. The second-order valence-corrected chi connectivity index (χ2v) is 10.5. The molecule has 1 saturated carbocycles. The van der Waals surface area contributed by atoms with Gasteiger partial charge in [0.05, 0.1) is 19.0 Å². The molecule has 1 aromatic heterocycles. The zero-order valence-electron chi connectivity index (χ0n) is 22.9. The molecule has 38 heavy (non-hydrogen) atoms. The van der Waals surface area contributed by atoms with Crippen LogP contribution in [0.2, 0.25) is 0 Å². The quantitative estimate of drug-likeness (QED) is 0.573. The lowest BCUT2D eigenvalue weighted by atomic mass is 10.0. The third-order valence-corrected chi connectivity index (χ3v) is 8.18. The van der Waals surface area contributed by atoms with Crippen LogP contribution in [0, 0.1) is 0 Å². The van der Waals surface area contributed by atoms with E-state index >= 15 is 0 Å². The number of anilines is 4. The Kier molecular flexibility index (Phi) is 7.69. The number of amides is 2. The van der Waals surface area contributed by atoms with Gasteiger partial charge in [0.1, 0.15) is 17.5 Å². The number of methoxy groups -OCH3 is 1. The van der Waals surface area contributed by atoms with Crippen molar-refractivity contribution in [3.63, 3.8) is 0 Å². The lowest BCUT2D eigenvalue weighted by Gasteiger charge is -2.43. The standard InChI is InChI=1S/C28H39N7O3/c1-5-21-27(37)33(2)23-17-30-28(32-25(23)35(21)20-8-6-7-9-20)34(3)22-11-10-18(16-24(22)38-4)26(36)31-19-12-14-29-15-13-19/h10-11,16-17,19-21,29H,5-9,12-15H2,1-4H3,(H,31,36). The summed E-state index contributed by atoms with van der Waals surface area (Å²) in [6.07, 6.45) is 8.80. The van der Waals surface area contributed by atoms with Gasteiger partial charge in [-0.05, 0) is 63.4 Å². The number of fused-ring (bicyclic) bond motifs is 1. The molecule has 2 N–H and O–H groups in total. The number of ether oxygens (including phenoxy) is 1. The highest BCUT2D eigenvalue weighted by atomic mass is 16.5. The summed E-state index contributed by atoms with van der Waals surface area (Å²) in [6, 6.07) is 5.71. The Hall–Kier alpha value is -3.40. The Morgan fingerprint density at radius 1 is 1.21 bits per heavy atom. The van der Waals surface area contributed by atoms with E-state index in [4.69, 9.17) is 9.72 Å². The van der Waals surface area contributed by atoms with Gasteiger partial charge in [0, 0.05) is 31.7 Å². The topological polar surface area (TPSA) is 103 Å². The Bertz CT molecular complexity index is 1180. The molecule has 3 aliphatic rings. The molecule has 2 aromatic rings. The fourth-order valence-electron chi connectivity index (χ4n) is 5.97. The van der Waals surface area contributed by atoms with Gasteiger partial charge in [-0.2, -0.15) is 4.98 Å². The van der Waals surface area contributed by atoms with Gasteiger partial charge < -0.3 is 30.1 Å². The predicted octanol–water partition coefficient (Wildman–Crippen LogP) is 3.24. The van der Waals surface area contributed by atoms with Crippen molar-refractivity contribution < 1.29 is 14.3 Å². The smallest absolute Gasteiger partial charge is 0.251 e. The van der Waals surface area contributed by atoms with E-state index in [0.717, 1.165) is 62.4 Å². The Balaban J connectivity index is 1.44. The minimum atomic E-state index is -0.226. The van der Waals surface area contributed by atoms with Crippen molar-refractivity contribution in [2.24, 2.45) is 0 Å². The number of likely N-dealkylation sites (N-methyl/N-ethyl adjacent to an activating group) is 1. The van der Waals surface area contributed by atoms with Gasteiger partial charge in [0.15, 0.2) is 5.82 Å². The molecule has 10 nitrogen and oxygen atoms in total. The van der Waals surface area contributed by atoms with Crippen LogP contribution in [0.3, 0.4) is 0 Å². The van der Waals surface area contributed by atoms with Crippen molar-refractivity contribution in [1.29, 1.82) is 0 Å². The molecule has 1 aliphatic carbocycles. The Morgan fingerprint density at radius 3 is 2.63 bits per heavy atom. The summed E-state index contributed by atoms with van der Waals surface area (Å²) in [7, 11) is 5.30. The Morgan fingerprint density at radius 2 is 1.95 bits per heavy atom. The van der Waals surface area contributed by atoms with Crippen LogP contribution >= 0.6 is 0 Å². The van der Waals surface area contributed by atoms with Gasteiger partial charge in [-0.1, -0.05) is 19.8 Å². The maximum absolute atomic E-state index is 13.2. The van der Waals surface area contributed by atoms with Gasteiger partial charge in [-0.25, -0.2) is 4.98 Å². The van der Waals surface area contributed by atoms with Crippen LogP contribution < -0.4 is 30.1 Å². The molecule has 2 fully saturated rings. The van der Waals surface area contributed by atoms with Gasteiger partial charge in [-0.3, -0.25) is 9.59 Å². The number of hydrogen-bond donors (Lipinski definition) is 2. The van der Waals surface area contributed by atoms with Crippen LogP contribution in [0.4, 0.5) is 23.1 Å². The number of aromatic nitrogens is 2. The first-order chi connectivity index (χ1) is 18.4. The molecule has 0 radical (unpaired) electrons. The highest BCUT2D eigenvalue weighted by molar-refractivity contribution is 6.04. The van der Waals surface area contributed by atoms with Crippen molar-refractivity contribution in [3.8, 4) is 5.75 Å². The van der Waals surface area contributed by atoms with Crippen LogP contribution in [0.15, 0.2) is 24.4 Å². The SMILES string of the molecule is CCC1C(=O)N(C)c2cnc(N(C)c3ccc(C(=O)NC4CCNCC4)cc3OC)nc2N1C1CCCC1. The summed E-state index contributed by atoms with van der Waals surface area (Å²) in [4.78, 5) is 41.5. The third-order valence-electron chi connectivity index (χ3n) is 8.18. The summed E-state index contributed by atoms with van der Waals surface area (Å²) < 4.78 is 5.70. The third kappa shape index (κ3) is 4.89. The number of benzene rings is 1. The van der Waals surface area contributed by atoms with Crippen LogP contribution in [0.5, 0.6) is 5.75 Å². The number of nitrogens with zero attached hydrogens (tertiary/aromatic N) is 5. The molecule has 10 heteroatoms. The van der Waals surface area contributed by atoms with Gasteiger partial charge in [0.2, 0.25) is 11.9 Å². The highest BCUT2D eigenvalue weighted by Crippen LogP contribution is 2.41. The fourth-order valence-corrected chi connectivity index (χ4v) is 5.97. The normalized spacial score (nSPS) is 20.4. The van der Waals surface area contributed by atoms with E-state index in [1.165, 1.54) is 12.8 Å². The molecule has 0 bridgehead atoms. The maximum atomic E-state index is 13.2. The molecule has 5 rings (SSSR count). The van der Waals surface area contributed by atoms with E-state index in [-0.39, 0.29) is 23.9 Å². The van der Waals surface area contributed by atoms with Crippen LogP contribution in [-0.4, -0.2) is 74.2 Å². The number of rotatable bonds is 7. The molecule has 1 aromatic carbocycles. The van der Waals surface area contributed by atoms with E-state index in [1.807, 2.05) is 24.1 Å². The van der Waals surface area contributed by atoms with Gasteiger partial charge >= 0.3 is 0 Å². The molecule has 2 amide bonds. The summed E-state index contributed by atoms with van der Waals surface area (Å²) >= 11 is 0. The van der Waals surface area contributed by atoms with Crippen LogP contribution in [-0.2, 0) is 4.79 Å². The minimum Gasteiger partial charge on any atom is -0.495 e. The van der Waals surface area contributed by atoms with E-state index in [1.54, 1.807) is 31.3 Å². The second kappa shape index (κ2) is 11.1. The lowest BCUT2D eigenvalue weighted by Crippen LogP contribution is -2.55. The largest absolute Gasteiger partial charge is 0.495 e. The lowest BCUT2D eigenvalue weighted by molar-refractivity contribution is -0.120. The predicted molar refractivity (Wildman–Crippen MR) is 149 cm³/mol. The first-order valence-electron chi connectivity index (χ1n) is 13.8. The van der Waals surface area contributed by atoms with Crippen LogP contribution in [0.25, 0.3) is 0 Å². The summed E-state index contributed by atoms with van der Waals surface area (Å²) in [5, 5.41) is 6.46. The van der Waals surface area contributed by atoms with Crippen molar-refractivity contribution in [2.45, 2.75) is 70.0 Å². The molecule has 0 spiro atoms. The number of nitrogens with one attached hydrogen (secondary N) is 2. The van der Waals surface area contributed by atoms with Crippen molar-refractivity contribution >= 4 is 35.0 Å². The number of carbonyl (C=O) groups is 2. The van der Waals surface area contributed by atoms with E-state index < -0.39 is 0 Å². The average molecular weight is 522 g/mol. The zero-order chi connectivity index (χ0) is 26.8. The van der Waals surface area contributed by atoms with Gasteiger partial charge in [-0.15, -0.1) is 0 Å². The highest BCUT2D eigenvalue weighted by Gasteiger charge is 2.41. The Labute approximate surface area is 224 Å². The first kappa shape index (κ1) is 26.2. The average Bonchev–Trinajstić information content (AvgIpc) is 3.49. The molecule has 3 heterocycles. The second-order valence-electron chi connectivity index (χ2n) is 10.5. The first-order valence-corrected chi connectivity index (χ1v) is 13.8. The van der Waals surface area contributed by atoms with E-state index in [2.05, 4.69) is 27.4 Å². The molecule has 1 unspecified atom stereocenters. The van der Waals surface area contributed by atoms with Crippen molar-refractivity contribution in [3.05, 3.63) is 30.0 Å². The minimum absolute atomic E-state index is 0.0941. The molecular formula is C28H39N7O3. The van der Waals surface area contributed by atoms with Crippen molar-refractivity contribution in [2.75, 3.05) is 49.0 Å². The summed E-state index contributed by atoms with van der Waals surface area (Å²) in [5.41, 5.74) is 2.05. The molecule has 204 valence electrons. The molecule has 1 atom stereocenters.